The molecule has 28 heavy (non-hydrogen) atoms. The number of amides is 2. The van der Waals surface area contributed by atoms with E-state index >= 15 is 0 Å². The molecule has 0 saturated heterocycles. The van der Waals surface area contributed by atoms with Crippen molar-refractivity contribution < 1.29 is 9.18 Å². The van der Waals surface area contributed by atoms with Crippen molar-refractivity contribution in [3.05, 3.63) is 46.5 Å². The number of nitrogens with one attached hydrogen (secondary N) is 2. The number of carbonyl (C=O) groups is 1. The van der Waals surface area contributed by atoms with E-state index in [0.717, 1.165) is 34.7 Å². The minimum atomic E-state index is -0.512. The number of rotatable bonds is 3. The summed E-state index contributed by atoms with van der Waals surface area (Å²) >= 11 is 7.46. The third-order valence-electron chi connectivity index (χ3n) is 4.24. The predicted octanol–water partition coefficient (Wildman–Crippen LogP) is 4.69. The van der Waals surface area contributed by atoms with Crippen molar-refractivity contribution in [1.82, 2.24) is 20.3 Å². The Morgan fingerprint density at radius 2 is 2.11 bits per heavy atom. The molecular weight excluding hydrogens is 401 g/mol. The van der Waals surface area contributed by atoms with Crippen LogP contribution in [0.5, 0.6) is 0 Å². The van der Waals surface area contributed by atoms with E-state index in [2.05, 4.69) is 25.6 Å². The van der Waals surface area contributed by atoms with Gasteiger partial charge in [0.15, 0.2) is 11.0 Å². The number of anilines is 1. The Kier molecular flexibility index (Phi) is 4.99. The van der Waals surface area contributed by atoms with Gasteiger partial charge in [-0.3, -0.25) is 5.32 Å². The summed E-state index contributed by atoms with van der Waals surface area (Å²) in [5.41, 5.74) is 3.06. The van der Waals surface area contributed by atoms with Gasteiger partial charge in [-0.2, -0.15) is 0 Å². The Bertz CT molecular complexity index is 1070. The number of aryl methyl sites for hydroxylation is 2. The van der Waals surface area contributed by atoms with Crippen LogP contribution < -0.4 is 10.6 Å². The second kappa shape index (κ2) is 7.44. The maximum absolute atomic E-state index is 13.8. The van der Waals surface area contributed by atoms with Crippen LogP contribution in [0.25, 0.3) is 22.0 Å². The molecule has 1 aliphatic rings. The van der Waals surface area contributed by atoms with E-state index in [-0.39, 0.29) is 17.1 Å². The van der Waals surface area contributed by atoms with Crippen LogP contribution in [-0.2, 0) is 12.8 Å². The summed E-state index contributed by atoms with van der Waals surface area (Å²) < 4.78 is 13.8. The first-order valence-corrected chi connectivity index (χ1v) is 9.99. The van der Waals surface area contributed by atoms with Crippen molar-refractivity contribution >= 4 is 34.1 Å². The largest absolute Gasteiger partial charge is 0.336 e. The number of hydrogen-bond donors (Lipinski definition) is 2. The summed E-state index contributed by atoms with van der Waals surface area (Å²) in [4.78, 5) is 26.4. The van der Waals surface area contributed by atoms with Crippen LogP contribution in [0.4, 0.5) is 14.3 Å². The lowest BCUT2D eigenvalue weighted by Crippen LogP contribution is -2.34. The molecule has 1 aliphatic carbocycles. The van der Waals surface area contributed by atoms with Gasteiger partial charge in [0, 0.05) is 17.8 Å². The van der Waals surface area contributed by atoms with Crippen molar-refractivity contribution in [1.29, 1.82) is 0 Å². The highest BCUT2D eigenvalue weighted by Crippen LogP contribution is 2.39. The SMILES string of the molecule is CC(C)NC(=O)Nc1nc2c(s1)-c1nc(-c3cccc(F)c3Cl)ncc1CC2. The molecule has 3 aromatic rings. The van der Waals surface area contributed by atoms with Gasteiger partial charge < -0.3 is 5.32 Å². The van der Waals surface area contributed by atoms with Crippen LogP contribution in [0.15, 0.2) is 24.4 Å². The Balaban J connectivity index is 1.70. The number of fused-ring (bicyclic) bond motifs is 3. The summed E-state index contributed by atoms with van der Waals surface area (Å²) in [6.07, 6.45) is 3.25. The molecule has 0 atom stereocenters. The molecule has 0 radical (unpaired) electrons. The third-order valence-corrected chi connectivity index (χ3v) is 5.64. The fourth-order valence-corrected chi connectivity index (χ4v) is 4.24. The topological polar surface area (TPSA) is 79.8 Å². The number of nitrogens with zero attached hydrogens (tertiary/aromatic N) is 3. The summed E-state index contributed by atoms with van der Waals surface area (Å²) in [5.74, 6) is -0.154. The monoisotopic (exact) mass is 417 g/mol. The van der Waals surface area contributed by atoms with E-state index in [1.54, 1.807) is 18.3 Å². The minimum absolute atomic E-state index is 0.00417. The first-order valence-electron chi connectivity index (χ1n) is 8.80. The molecule has 4 rings (SSSR count). The summed E-state index contributed by atoms with van der Waals surface area (Å²) in [5, 5.41) is 6.05. The Morgan fingerprint density at radius 1 is 1.29 bits per heavy atom. The second-order valence-electron chi connectivity index (χ2n) is 6.72. The first kappa shape index (κ1) is 18.8. The quantitative estimate of drug-likeness (QED) is 0.648. The highest BCUT2D eigenvalue weighted by molar-refractivity contribution is 7.19. The number of urea groups is 1. The molecule has 144 valence electrons. The standard InChI is InChI=1S/C19H17ClFN5OS/c1-9(2)23-18(27)26-19-24-13-7-6-10-8-22-17(25-15(10)16(13)28-19)11-4-3-5-12(21)14(11)20/h3-5,8-9H,6-7H2,1-2H3,(H2,23,24,26,27). The highest BCUT2D eigenvalue weighted by Gasteiger charge is 2.24. The Labute approximate surface area is 170 Å². The number of hydrogen-bond acceptors (Lipinski definition) is 5. The Hall–Kier alpha value is -2.58. The van der Waals surface area contributed by atoms with Crippen LogP contribution in [-0.4, -0.2) is 27.0 Å². The van der Waals surface area contributed by atoms with Crippen molar-refractivity contribution in [3.63, 3.8) is 0 Å². The van der Waals surface area contributed by atoms with Gasteiger partial charge in [0.25, 0.3) is 0 Å². The van der Waals surface area contributed by atoms with Crippen LogP contribution in [0.2, 0.25) is 5.02 Å². The van der Waals surface area contributed by atoms with Crippen molar-refractivity contribution in [2.24, 2.45) is 0 Å². The zero-order valence-electron chi connectivity index (χ0n) is 15.2. The molecule has 0 spiro atoms. The first-order chi connectivity index (χ1) is 13.4. The fraction of sp³-hybridized carbons (Fsp3) is 0.263. The van der Waals surface area contributed by atoms with Crippen molar-refractivity contribution in [2.45, 2.75) is 32.7 Å². The van der Waals surface area contributed by atoms with Crippen LogP contribution in [0, 0.1) is 5.82 Å². The number of carbonyl (C=O) groups excluding carboxylic acids is 1. The maximum atomic E-state index is 13.8. The molecule has 2 aromatic heterocycles. The number of thiazole rings is 1. The van der Waals surface area contributed by atoms with E-state index in [1.807, 2.05) is 13.8 Å². The number of aromatic nitrogens is 3. The minimum Gasteiger partial charge on any atom is -0.336 e. The molecule has 2 heterocycles. The smallest absolute Gasteiger partial charge is 0.321 e. The van der Waals surface area contributed by atoms with Gasteiger partial charge >= 0.3 is 6.03 Å². The van der Waals surface area contributed by atoms with Crippen LogP contribution in [0.1, 0.15) is 25.1 Å². The van der Waals surface area contributed by atoms with Gasteiger partial charge in [0.05, 0.1) is 21.3 Å². The number of halogens is 2. The molecule has 0 aliphatic heterocycles. The average molecular weight is 418 g/mol. The van der Waals surface area contributed by atoms with Gasteiger partial charge in [0.1, 0.15) is 5.82 Å². The maximum Gasteiger partial charge on any atom is 0.321 e. The molecule has 0 bridgehead atoms. The average Bonchev–Trinajstić information content (AvgIpc) is 3.05. The van der Waals surface area contributed by atoms with E-state index in [4.69, 9.17) is 11.6 Å². The van der Waals surface area contributed by atoms with E-state index in [1.165, 1.54) is 17.4 Å². The summed E-state index contributed by atoms with van der Waals surface area (Å²) in [7, 11) is 0. The van der Waals surface area contributed by atoms with Crippen LogP contribution in [0.3, 0.4) is 0 Å². The summed E-state index contributed by atoms with van der Waals surface area (Å²) in [6, 6.07) is 4.29. The van der Waals surface area contributed by atoms with Gasteiger partial charge in [-0.05, 0) is 44.4 Å². The zero-order chi connectivity index (χ0) is 19.8. The lowest BCUT2D eigenvalue weighted by atomic mass is 9.99. The predicted molar refractivity (Wildman–Crippen MR) is 108 cm³/mol. The highest BCUT2D eigenvalue weighted by atomic mass is 35.5. The third kappa shape index (κ3) is 3.57. The zero-order valence-corrected chi connectivity index (χ0v) is 16.8. The lowest BCUT2D eigenvalue weighted by molar-refractivity contribution is 0.250. The van der Waals surface area contributed by atoms with Gasteiger partial charge in [-0.15, -0.1) is 0 Å². The second-order valence-corrected chi connectivity index (χ2v) is 8.09. The fourth-order valence-electron chi connectivity index (χ4n) is 3.00. The molecule has 2 amide bonds. The lowest BCUT2D eigenvalue weighted by Gasteiger charge is -2.14. The summed E-state index contributed by atoms with van der Waals surface area (Å²) in [6.45, 7) is 3.78. The molecule has 0 saturated carbocycles. The molecule has 2 N–H and O–H groups in total. The van der Waals surface area contributed by atoms with E-state index < -0.39 is 5.82 Å². The van der Waals surface area contributed by atoms with Crippen LogP contribution >= 0.6 is 22.9 Å². The Morgan fingerprint density at radius 3 is 2.89 bits per heavy atom. The van der Waals surface area contributed by atoms with Gasteiger partial charge in [-0.25, -0.2) is 24.1 Å². The van der Waals surface area contributed by atoms with E-state index in [9.17, 15) is 9.18 Å². The van der Waals surface area contributed by atoms with Crippen molar-refractivity contribution in [2.75, 3.05) is 5.32 Å². The molecule has 6 nitrogen and oxygen atoms in total. The van der Waals surface area contributed by atoms with Gasteiger partial charge in [-0.1, -0.05) is 29.0 Å². The molecule has 9 heteroatoms. The van der Waals surface area contributed by atoms with Crippen molar-refractivity contribution in [3.8, 4) is 22.0 Å². The van der Waals surface area contributed by atoms with E-state index in [0.29, 0.717) is 16.5 Å². The molecular formula is C19H17ClFN5OS. The normalized spacial score (nSPS) is 12.5. The molecule has 0 unspecified atom stereocenters. The molecule has 0 fully saturated rings. The van der Waals surface area contributed by atoms with Gasteiger partial charge in [0.2, 0.25) is 0 Å². The molecule has 1 aromatic carbocycles. The number of benzene rings is 1.